The minimum atomic E-state index is -0.590. The monoisotopic (exact) mass is 626 g/mol. The highest BCUT2D eigenvalue weighted by Crippen LogP contribution is 2.47. The van der Waals surface area contributed by atoms with Crippen LogP contribution in [0.4, 0.5) is 11.4 Å². The molecule has 3 aromatic rings. The van der Waals surface area contributed by atoms with E-state index in [0.717, 1.165) is 63.3 Å². The lowest BCUT2D eigenvalue weighted by Crippen LogP contribution is -2.45. The quantitative estimate of drug-likeness (QED) is 0.321. The SMILES string of the molecule is CCN(c1c(C)c(C(N)=O)cc(-c2ccc3c(c2)NC(=O)C32CCOCC2)c1Cc1c(C)cc(C)[nH]c1=O)C1CC(C)OC(C)C1. The normalized spacial score (nSPS) is 22.0. The smallest absolute Gasteiger partial charge is 0.251 e. The molecule has 4 N–H and O–H groups in total. The van der Waals surface area contributed by atoms with Gasteiger partial charge in [0.05, 0.1) is 17.6 Å². The molecule has 0 saturated carbocycles. The number of aromatic nitrogens is 1. The third kappa shape index (κ3) is 5.53. The predicted molar refractivity (Wildman–Crippen MR) is 181 cm³/mol. The first-order valence-electron chi connectivity index (χ1n) is 16.5. The zero-order valence-corrected chi connectivity index (χ0v) is 27.8. The van der Waals surface area contributed by atoms with Crippen molar-refractivity contribution in [1.82, 2.24) is 4.98 Å². The zero-order valence-electron chi connectivity index (χ0n) is 27.8. The maximum absolute atomic E-state index is 13.5. The van der Waals surface area contributed by atoms with Gasteiger partial charge in [0.15, 0.2) is 0 Å². The van der Waals surface area contributed by atoms with Crippen molar-refractivity contribution in [3.05, 3.63) is 79.8 Å². The summed E-state index contributed by atoms with van der Waals surface area (Å²) in [5.74, 6) is -0.497. The largest absolute Gasteiger partial charge is 0.381 e. The number of nitrogens with one attached hydrogen (secondary N) is 2. The first-order chi connectivity index (χ1) is 21.9. The average Bonchev–Trinajstić information content (AvgIpc) is 3.25. The Labute approximate surface area is 270 Å². The molecule has 1 aromatic heterocycles. The third-order valence-corrected chi connectivity index (χ3v) is 10.4. The summed E-state index contributed by atoms with van der Waals surface area (Å²) >= 11 is 0. The molecule has 1 spiro atoms. The number of carbonyl (C=O) groups excluding carboxylic acids is 2. The third-order valence-electron chi connectivity index (χ3n) is 10.4. The minimum absolute atomic E-state index is 0.00678. The molecular weight excluding hydrogens is 580 g/mol. The number of nitrogens with zero attached hydrogens (tertiary/aromatic N) is 1. The molecule has 2 unspecified atom stereocenters. The van der Waals surface area contributed by atoms with Crippen molar-refractivity contribution < 1.29 is 19.1 Å². The molecule has 244 valence electrons. The molecule has 9 nitrogen and oxygen atoms in total. The summed E-state index contributed by atoms with van der Waals surface area (Å²) in [5, 5.41) is 3.15. The minimum Gasteiger partial charge on any atom is -0.381 e. The summed E-state index contributed by atoms with van der Waals surface area (Å²) in [4.78, 5) is 45.3. The molecule has 3 aliphatic heterocycles. The molecule has 0 radical (unpaired) electrons. The van der Waals surface area contributed by atoms with Crippen LogP contribution in [0.5, 0.6) is 0 Å². The average molecular weight is 627 g/mol. The number of fused-ring (bicyclic) bond motifs is 2. The van der Waals surface area contributed by atoms with E-state index in [9.17, 15) is 14.4 Å². The second kappa shape index (κ2) is 12.3. The number of benzene rings is 2. The van der Waals surface area contributed by atoms with E-state index in [1.807, 2.05) is 51.1 Å². The summed E-state index contributed by atoms with van der Waals surface area (Å²) in [6, 6.07) is 10.1. The Balaban J connectivity index is 1.60. The highest BCUT2D eigenvalue weighted by molar-refractivity contribution is 6.07. The lowest BCUT2D eigenvalue weighted by atomic mass is 9.75. The highest BCUT2D eigenvalue weighted by Gasteiger charge is 2.47. The van der Waals surface area contributed by atoms with Crippen LogP contribution in [-0.2, 0) is 26.1 Å². The van der Waals surface area contributed by atoms with E-state index in [-0.39, 0.29) is 29.7 Å². The number of aromatic amines is 1. The number of carbonyl (C=O) groups is 2. The lowest BCUT2D eigenvalue weighted by Gasteiger charge is -2.42. The number of pyridine rings is 1. The Morgan fingerprint density at radius 3 is 2.35 bits per heavy atom. The Hall–Kier alpha value is -3.95. The number of hydrogen-bond donors (Lipinski definition) is 3. The van der Waals surface area contributed by atoms with E-state index in [1.54, 1.807) is 0 Å². The number of ether oxygens (including phenoxy) is 2. The van der Waals surface area contributed by atoms with Crippen LogP contribution >= 0.6 is 0 Å². The fourth-order valence-electron chi connectivity index (χ4n) is 8.22. The van der Waals surface area contributed by atoms with E-state index in [0.29, 0.717) is 50.1 Å². The topological polar surface area (TPSA) is 127 Å². The molecule has 0 aliphatic carbocycles. The van der Waals surface area contributed by atoms with Gasteiger partial charge in [0, 0.05) is 60.4 Å². The number of rotatable bonds is 7. The van der Waals surface area contributed by atoms with Gasteiger partial charge in [-0.05, 0) is 119 Å². The zero-order chi connectivity index (χ0) is 32.9. The molecule has 2 saturated heterocycles. The van der Waals surface area contributed by atoms with Gasteiger partial charge in [0.2, 0.25) is 11.8 Å². The second-order valence-electron chi connectivity index (χ2n) is 13.5. The fraction of sp³-hybridized carbons (Fsp3) is 0.486. The van der Waals surface area contributed by atoms with Gasteiger partial charge in [-0.3, -0.25) is 14.4 Å². The van der Waals surface area contributed by atoms with Crippen molar-refractivity contribution >= 4 is 23.2 Å². The molecule has 2 aromatic carbocycles. The summed E-state index contributed by atoms with van der Waals surface area (Å²) < 4.78 is 11.7. The van der Waals surface area contributed by atoms with E-state index in [2.05, 4.69) is 36.0 Å². The second-order valence-corrected chi connectivity index (χ2v) is 13.5. The van der Waals surface area contributed by atoms with Gasteiger partial charge in [-0.15, -0.1) is 0 Å². The number of amides is 2. The van der Waals surface area contributed by atoms with Crippen LogP contribution < -0.4 is 21.5 Å². The Bertz CT molecular complexity index is 1750. The van der Waals surface area contributed by atoms with Crippen molar-refractivity contribution in [3.8, 4) is 11.1 Å². The summed E-state index contributed by atoms with van der Waals surface area (Å²) in [5.41, 5.74) is 14.3. The maximum atomic E-state index is 13.5. The number of hydrogen-bond acceptors (Lipinski definition) is 6. The van der Waals surface area contributed by atoms with Crippen molar-refractivity contribution in [3.63, 3.8) is 0 Å². The van der Waals surface area contributed by atoms with Gasteiger partial charge in [0.25, 0.3) is 5.56 Å². The summed E-state index contributed by atoms with van der Waals surface area (Å²) in [6.45, 7) is 14.0. The number of anilines is 2. The van der Waals surface area contributed by atoms with Crippen molar-refractivity contribution in [2.24, 2.45) is 5.73 Å². The molecule has 46 heavy (non-hydrogen) atoms. The van der Waals surface area contributed by atoms with Crippen LogP contribution in [0.2, 0.25) is 0 Å². The molecule has 2 atom stereocenters. The molecule has 2 amide bonds. The molecular formula is C37H46N4O5. The molecule has 2 fully saturated rings. The van der Waals surface area contributed by atoms with Crippen LogP contribution in [-0.4, -0.2) is 54.8 Å². The van der Waals surface area contributed by atoms with Crippen LogP contribution in [0, 0.1) is 20.8 Å². The Morgan fingerprint density at radius 1 is 1.02 bits per heavy atom. The molecule has 9 heteroatoms. The van der Waals surface area contributed by atoms with Gasteiger partial charge in [-0.25, -0.2) is 0 Å². The number of nitrogens with two attached hydrogens (primary N) is 1. The molecule has 0 bridgehead atoms. The summed E-state index contributed by atoms with van der Waals surface area (Å²) in [7, 11) is 0. The molecule has 4 heterocycles. The van der Waals surface area contributed by atoms with Gasteiger partial charge < -0.3 is 30.4 Å². The van der Waals surface area contributed by atoms with Gasteiger partial charge in [0.1, 0.15) is 0 Å². The molecule has 3 aliphatic rings. The molecule has 6 rings (SSSR count). The van der Waals surface area contributed by atoms with E-state index in [1.165, 1.54) is 0 Å². The number of H-pyrrole nitrogens is 1. The fourth-order valence-corrected chi connectivity index (χ4v) is 8.22. The van der Waals surface area contributed by atoms with Crippen molar-refractivity contribution in [2.45, 2.75) is 97.3 Å². The van der Waals surface area contributed by atoms with Crippen LogP contribution in [0.3, 0.4) is 0 Å². The first kappa shape index (κ1) is 32.0. The van der Waals surface area contributed by atoms with Crippen LogP contribution in [0.1, 0.15) is 90.3 Å². The van der Waals surface area contributed by atoms with E-state index in [4.69, 9.17) is 15.2 Å². The van der Waals surface area contributed by atoms with Gasteiger partial charge >= 0.3 is 0 Å². The lowest BCUT2D eigenvalue weighted by molar-refractivity contribution is -0.124. The number of aryl methyl sites for hydroxylation is 2. The van der Waals surface area contributed by atoms with E-state index >= 15 is 0 Å². The van der Waals surface area contributed by atoms with Gasteiger partial charge in [-0.1, -0.05) is 12.1 Å². The van der Waals surface area contributed by atoms with E-state index < -0.39 is 11.3 Å². The Kier molecular flexibility index (Phi) is 8.59. The first-order valence-corrected chi connectivity index (χ1v) is 16.5. The predicted octanol–water partition coefficient (Wildman–Crippen LogP) is 5.44. The van der Waals surface area contributed by atoms with Crippen LogP contribution in [0.15, 0.2) is 35.1 Å². The summed E-state index contributed by atoms with van der Waals surface area (Å²) in [6.07, 6.45) is 3.50. The van der Waals surface area contributed by atoms with Crippen molar-refractivity contribution in [1.29, 1.82) is 0 Å². The highest BCUT2D eigenvalue weighted by atomic mass is 16.5. The van der Waals surface area contributed by atoms with Crippen LogP contribution in [0.25, 0.3) is 11.1 Å². The maximum Gasteiger partial charge on any atom is 0.251 e. The van der Waals surface area contributed by atoms with Crippen molar-refractivity contribution in [2.75, 3.05) is 30.0 Å². The number of primary amides is 1. The van der Waals surface area contributed by atoms with Gasteiger partial charge in [-0.2, -0.15) is 0 Å². The standard InChI is InChI=1S/C37H46N4O5/c1-7-41(26-15-22(4)46-23(5)16-26)33-24(6)28(34(38)42)19-29(30(33)18-27-20(2)14-21(3)39-35(27)43)25-8-9-31-32(17-25)40-36(44)37(31)10-12-45-13-11-37/h8-9,14,17,19,22-23,26H,7,10-13,15-16,18H2,1-6H3,(H2,38,42)(H,39,43)(H,40,44). The Morgan fingerprint density at radius 2 is 1.72 bits per heavy atom.